The summed E-state index contributed by atoms with van der Waals surface area (Å²) in [5.74, 6) is -0.292. The Morgan fingerprint density at radius 2 is 1.64 bits per heavy atom. The molecule has 1 aliphatic rings. The maximum atomic E-state index is 12.7. The maximum Gasteiger partial charge on any atom is 0.256 e. The highest BCUT2D eigenvalue weighted by atomic mass is 16.2. The van der Waals surface area contributed by atoms with Gasteiger partial charge < -0.3 is 10.6 Å². The van der Waals surface area contributed by atoms with Gasteiger partial charge in [-0.2, -0.15) is 0 Å². The molecule has 0 saturated carbocycles. The molecule has 25 heavy (non-hydrogen) atoms. The van der Waals surface area contributed by atoms with E-state index in [-0.39, 0.29) is 18.2 Å². The summed E-state index contributed by atoms with van der Waals surface area (Å²) in [5, 5.41) is 5.70. The molecule has 2 N–H and O–H groups in total. The number of fused-ring (bicyclic) bond motifs is 1. The number of hydrogen-bond donors (Lipinski definition) is 2. The number of carbonyl (C=O) groups excluding carboxylic acids is 2. The normalized spacial score (nSPS) is 12.4. The van der Waals surface area contributed by atoms with Crippen LogP contribution >= 0.6 is 0 Å². The van der Waals surface area contributed by atoms with Crippen molar-refractivity contribution in [1.82, 2.24) is 0 Å². The lowest BCUT2D eigenvalue weighted by atomic mass is 10.0. The lowest BCUT2D eigenvalue weighted by Gasteiger charge is -2.10. The van der Waals surface area contributed by atoms with Crippen molar-refractivity contribution in [2.75, 3.05) is 10.6 Å². The molecule has 0 atom stereocenters. The minimum Gasteiger partial charge on any atom is -0.326 e. The average Bonchev–Trinajstić information content (AvgIpc) is 3.02. The van der Waals surface area contributed by atoms with Gasteiger partial charge in [-0.3, -0.25) is 9.59 Å². The molecule has 0 radical (unpaired) electrons. The van der Waals surface area contributed by atoms with Crippen LogP contribution in [0.3, 0.4) is 0 Å². The average molecular weight is 328 g/mol. The number of benzene rings is 3. The fourth-order valence-corrected chi connectivity index (χ4v) is 3.07. The summed E-state index contributed by atoms with van der Waals surface area (Å²) in [7, 11) is 0. The second kappa shape index (κ2) is 6.24. The predicted octanol–water partition coefficient (Wildman–Crippen LogP) is 4.10. The summed E-state index contributed by atoms with van der Waals surface area (Å²) in [6.45, 7) is 0. The van der Waals surface area contributed by atoms with E-state index in [1.165, 1.54) is 0 Å². The second-order valence-electron chi connectivity index (χ2n) is 5.96. The van der Waals surface area contributed by atoms with Crippen molar-refractivity contribution in [3.05, 3.63) is 83.9 Å². The summed E-state index contributed by atoms with van der Waals surface area (Å²) >= 11 is 0. The van der Waals surface area contributed by atoms with Crippen LogP contribution < -0.4 is 10.6 Å². The molecule has 4 rings (SSSR count). The van der Waals surface area contributed by atoms with Crippen LogP contribution in [0, 0.1) is 0 Å². The van der Waals surface area contributed by atoms with Gasteiger partial charge in [-0.1, -0.05) is 48.5 Å². The van der Waals surface area contributed by atoms with Crippen LogP contribution in [0.15, 0.2) is 72.8 Å². The molecule has 3 aromatic carbocycles. The number of nitrogens with one attached hydrogen (secondary N) is 2. The maximum absolute atomic E-state index is 12.7. The molecule has 0 aromatic heterocycles. The molecule has 4 nitrogen and oxygen atoms in total. The predicted molar refractivity (Wildman–Crippen MR) is 98.6 cm³/mol. The third-order valence-electron chi connectivity index (χ3n) is 4.26. The first kappa shape index (κ1) is 15.1. The SMILES string of the molecule is O=C1Cc2c(cccc2C(=O)Nc2cccc(-c3ccccc3)c2)N1. The van der Waals surface area contributed by atoms with E-state index >= 15 is 0 Å². The molecule has 2 amide bonds. The van der Waals surface area contributed by atoms with E-state index in [2.05, 4.69) is 10.6 Å². The zero-order chi connectivity index (χ0) is 17.2. The first-order chi connectivity index (χ1) is 12.2. The van der Waals surface area contributed by atoms with Crippen LogP contribution in [0.5, 0.6) is 0 Å². The second-order valence-corrected chi connectivity index (χ2v) is 5.96. The molecule has 3 aromatic rings. The van der Waals surface area contributed by atoms with Gasteiger partial charge in [0.25, 0.3) is 5.91 Å². The first-order valence-electron chi connectivity index (χ1n) is 8.09. The molecule has 0 unspecified atom stereocenters. The van der Waals surface area contributed by atoms with Gasteiger partial charge in [0.15, 0.2) is 0 Å². The quantitative estimate of drug-likeness (QED) is 0.760. The molecule has 0 spiro atoms. The molecule has 0 saturated heterocycles. The van der Waals surface area contributed by atoms with Crippen LogP contribution in [0.2, 0.25) is 0 Å². The van der Waals surface area contributed by atoms with Crippen LogP contribution in [-0.2, 0) is 11.2 Å². The van der Waals surface area contributed by atoms with Crippen molar-refractivity contribution in [2.24, 2.45) is 0 Å². The van der Waals surface area contributed by atoms with Crippen molar-refractivity contribution in [3.63, 3.8) is 0 Å². The van der Waals surface area contributed by atoms with E-state index in [4.69, 9.17) is 0 Å². The Kier molecular flexibility index (Phi) is 3.78. The summed E-state index contributed by atoms with van der Waals surface area (Å²) < 4.78 is 0. The molecule has 0 bridgehead atoms. The van der Waals surface area contributed by atoms with Crippen molar-refractivity contribution in [1.29, 1.82) is 0 Å². The summed E-state index contributed by atoms with van der Waals surface area (Å²) in [6.07, 6.45) is 0.239. The van der Waals surface area contributed by atoms with E-state index in [0.717, 1.165) is 28.1 Å². The first-order valence-corrected chi connectivity index (χ1v) is 8.09. The Hall–Kier alpha value is -3.40. The topological polar surface area (TPSA) is 58.2 Å². The zero-order valence-electron chi connectivity index (χ0n) is 13.5. The summed E-state index contributed by atoms with van der Waals surface area (Å²) in [6, 6.07) is 23.1. The van der Waals surface area contributed by atoms with Gasteiger partial charge in [-0.05, 0) is 41.0 Å². The Bertz CT molecular complexity index is 965. The monoisotopic (exact) mass is 328 g/mol. The van der Waals surface area contributed by atoms with Crippen LogP contribution in [0.4, 0.5) is 11.4 Å². The molecule has 4 heteroatoms. The lowest BCUT2D eigenvalue weighted by molar-refractivity contribution is -0.115. The lowest BCUT2D eigenvalue weighted by Crippen LogP contribution is -2.14. The molecular formula is C21H16N2O2. The Morgan fingerprint density at radius 1 is 0.880 bits per heavy atom. The Balaban J connectivity index is 1.61. The van der Waals surface area contributed by atoms with E-state index in [1.807, 2.05) is 60.7 Å². The van der Waals surface area contributed by atoms with Gasteiger partial charge in [0, 0.05) is 16.9 Å². The van der Waals surface area contributed by atoms with Crippen LogP contribution in [-0.4, -0.2) is 11.8 Å². The fourth-order valence-electron chi connectivity index (χ4n) is 3.07. The minimum absolute atomic E-state index is 0.0821. The summed E-state index contributed by atoms with van der Waals surface area (Å²) in [4.78, 5) is 24.3. The Labute approximate surface area is 145 Å². The summed E-state index contributed by atoms with van der Waals surface area (Å²) in [5.41, 5.74) is 4.85. The minimum atomic E-state index is -0.210. The number of carbonyl (C=O) groups is 2. The number of amides is 2. The molecular weight excluding hydrogens is 312 g/mol. The molecule has 122 valence electrons. The van der Waals surface area contributed by atoms with Gasteiger partial charge in [0.2, 0.25) is 5.91 Å². The Morgan fingerprint density at radius 3 is 2.48 bits per heavy atom. The fraction of sp³-hybridized carbons (Fsp3) is 0.0476. The number of anilines is 2. The smallest absolute Gasteiger partial charge is 0.256 e. The van der Waals surface area contributed by atoms with E-state index < -0.39 is 0 Å². The van der Waals surface area contributed by atoms with Gasteiger partial charge in [-0.15, -0.1) is 0 Å². The van der Waals surface area contributed by atoms with Crippen LogP contribution in [0.25, 0.3) is 11.1 Å². The van der Waals surface area contributed by atoms with Gasteiger partial charge in [-0.25, -0.2) is 0 Å². The highest BCUT2D eigenvalue weighted by Crippen LogP contribution is 2.27. The largest absolute Gasteiger partial charge is 0.326 e. The van der Waals surface area contributed by atoms with E-state index in [1.54, 1.807) is 12.1 Å². The molecule has 0 aliphatic carbocycles. The highest BCUT2D eigenvalue weighted by Gasteiger charge is 2.23. The third-order valence-corrected chi connectivity index (χ3v) is 4.26. The number of rotatable bonds is 3. The van der Waals surface area contributed by atoms with Crippen molar-refractivity contribution < 1.29 is 9.59 Å². The molecule has 1 heterocycles. The highest BCUT2D eigenvalue weighted by molar-refractivity contribution is 6.10. The third kappa shape index (κ3) is 3.02. The molecule has 0 fully saturated rings. The number of hydrogen-bond acceptors (Lipinski definition) is 2. The van der Waals surface area contributed by atoms with Gasteiger partial charge >= 0.3 is 0 Å². The zero-order valence-corrected chi connectivity index (χ0v) is 13.5. The van der Waals surface area contributed by atoms with E-state index in [9.17, 15) is 9.59 Å². The van der Waals surface area contributed by atoms with E-state index in [0.29, 0.717) is 5.56 Å². The van der Waals surface area contributed by atoms with Gasteiger partial charge in [0.05, 0.1) is 6.42 Å². The van der Waals surface area contributed by atoms with Crippen molar-refractivity contribution >= 4 is 23.2 Å². The standard InChI is InChI=1S/C21H16N2O2/c24-20-13-18-17(10-5-11-19(18)23-20)21(25)22-16-9-4-8-15(12-16)14-6-2-1-3-7-14/h1-12H,13H2,(H,22,25)(H,23,24). The van der Waals surface area contributed by atoms with Gasteiger partial charge in [0.1, 0.15) is 0 Å². The van der Waals surface area contributed by atoms with Crippen LogP contribution in [0.1, 0.15) is 15.9 Å². The van der Waals surface area contributed by atoms with Crippen molar-refractivity contribution in [2.45, 2.75) is 6.42 Å². The van der Waals surface area contributed by atoms with Crippen molar-refractivity contribution in [3.8, 4) is 11.1 Å². The molecule has 1 aliphatic heterocycles.